The Labute approximate surface area is 105 Å². The summed E-state index contributed by atoms with van der Waals surface area (Å²) in [5, 5.41) is -1.83. The fourth-order valence-corrected chi connectivity index (χ4v) is 1.43. The van der Waals surface area contributed by atoms with E-state index in [4.69, 9.17) is 11.6 Å². The van der Waals surface area contributed by atoms with Gasteiger partial charge in [0.15, 0.2) is 11.6 Å². The summed E-state index contributed by atoms with van der Waals surface area (Å²) < 4.78 is 62.3. The second kappa shape index (κ2) is 4.82. The third-order valence-electron chi connectivity index (χ3n) is 1.43. The molecule has 1 aromatic rings. The van der Waals surface area contributed by atoms with E-state index in [9.17, 15) is 22.0 Å². The van der Waals surface area contributed by atoms with Gasteiger partial charge in [0.05, 0.1) is 0 Å². The van der Waals surface area contributed by atoms with E-state index in [-0.39, 0.29) is 3.57 Å². The molecule has 0 aliphatic carbocycles. The molecule has 0 amide bonds. The Kier molecular flexibility index (Phi) is 4.11. The molecule has 0 aliphatic heterocycles. The molecule has 0 spiro atoms. The molecule has 88 valence electrons. The van der Waals surface area contributed by atoms with Gasteiger partial charge in [-0.15, -0.1) is 0 Å². The number of hydrogen-bond donors (Lipinski definition) is 0. The van der Waals surface area contributed by atoms with Crippen LogP contribution >= 0.6 is 34.2 Å². The Bertz CT molecular complexity index is 420. The predicted molar refractivity (Wildman–Crippen MR) is 58.1 cm³/mol. The SMILES string of the molecule is Fc1cc(I)cc(F)c1N=C(Cl)C(F)(F)F. The van der Waals surface area contributed by atoms with Crippen LogP contribution in [0.4, 0.5) is 27.6 Å². The lowest BCUT2D eigenvalue weighted by atomic mass is 10.3. The zero-order valence-electron chi connectivity index (χ0n) is 7.25. The van der Waals surface area contributed by atoms with Crippen LogP contribution in [0.5, 0.6) is 0 Å². The Morgan fingerprint density at radius 1 is 1.19 bits per heavy atom. The van der Waals surface area contributed by atoms with Crippen molar-refractivity contribution in [3.05, 3.63) is 27.3 Å². The minimum Gasteiger partial charge on any atom is -0.226 e. The van der Waals surface area contributed by atoms with Gasteiger partial charge in [-0.3, -0.25) is 0 Å². The van der Waals surface area contributed by atoms with Crippen LogP contribution in [-0.2, 0) is 0 Å². The molecule has 0 atom stereocenters. The van der Waals surface area contributed by atoms with Crippen molar-refractivity contribution in [1.82, 2.24) is 0 Å². The summed E-state index contributed by atoms with van der Waals surface area (Å²) in [6.45, 7) is 0. The molecule has 0 radical (unpaired) electrons. The van der Waals surface area contributed by atoms with E-state index in [1.807, 2.05) is 0 Å². The van der Waals surface area contributed by atoms with Gasteiger partial charge in [-0.05, 0) is 34.7 Å². The van der Waals surface area contributed by atoms with Gasteiger partial charge in [0.2, 0.25) is 5.17 Å². The quantitative estimate of drug-likeness (QED) is 0.395. The average Bonchev–Trinajstić information content (AvgIpc) is 2.08. The van der Waals surface area contributed by atoms with Gasteiger partial charge in [0.1, 0.15) is 5.69 Å². The van der Waals surface area contributed by atoms with Crippen LogP contribution in [0.1, 0.15) is 0 Å². The first-order valence-corrected chi connectivity index (χ1v) is 5.13. The Hall–Kier alpha value is -0.440. The normalized spacial score (nSPS) is 13.1. The van der Waals surface area contributed by atoms with E-state index in [1.54, 1.807) is 22.6 Å². The van der Waals surface area contributed by atoms with E-state index in [1.165, 1.54) is 0 Å². The first kappa shape index (κ1) is 13.6. The maximum Gasteiger partial charge on any atom is 0.444 e. The van der Waals surface area contributed by atoms with E-state index in [0.717, 1.165) is 12.1 Å². The zero-order valence-corrected chi connectivity index (χ0v) is 10.2. The maximum atomic E-state index is 13.1. The Morgan fingerprint density at radius 2 is 1.62 bits per heavy atom. The molecule has 0 bridgehead atoms. The number of hydrogen-bond acceptors (Lipinski definition) is 1. The van der Waals surface area contributed by atoms with Crippen LogP contribution in [0.25, 0.3) is 0 Å². The summed E-state index contributed by atoms with van der Waals surface area (Å²) >= 11 is 6.38. The minimum absolute atomic E-state index is 0.203. The first-order valence-electron chi connectivity index (χ1n) is 3.67. The van der Waals surface area contributed by atoms with Crippen LogP contribution in [0.15, 0.2) is 17.1 Å². The number of aliphatic imine (C=N–C) groups is 1. The molecule has 0 heterocycles. The molecule has 1 rings (SSSR count). The summed E-state index contributed by atoms with van der Waals surface area (Å²) in [7, 11) is 0. The second-order valence-corrected chi connectivity index (χ2v) is 4.22. The highest BCUT2D eigenvalue weighted by atomic mass is 127. The third-order valence-corrected chi connectivity index (χ3v) is 2.35. The van der Waals surface area contributed by atoms with Crippen molar-refractivity contribution >= 4 is 45.1 Å². The molecule has 0 unspecified atom stereocenters. The van der Waals surface area contributed by atoms with Gasteiger partial charge in [0, 0.05) is 3.57 Å². The predicted octanol–water partition coefficient (Wildman–Crippen LogP) is 4.40. The highest BCUT2D eigenvalue weighted by molar-refractivity contribution is 14.1. The Balaban J connectivity index is 3.26. The summed E-state index contributed by atoms with van der Waals surface area (Å²) in [5.74, 6) is -2.40. The molecule has 16 heavy (non-hydrogen) atoms. The first-order chi connectivity index (χ1) is 7.21. The van der Waals surface area contributed by atoms with E-state index in [2.05, 4.69) is 4.99 Å². The van der Waals surface area contributed by atoms with E-state index < -0.39 is 28.7 Å². The summed E-state index contributed by atoms with van der Waals surface area (Å²) in [6.07, 6.45) is -4.93. The van der Waals surface area contributed by atoms with Gasteiger partial charge in [-0.1, -0.05) is 11.6 Å². The minimum atomic E-state index is -4.93. The largest absolute Gasteiger partial charge is 0.444 e. The fraction of sp³-hybridized carbons (Fsp3) is 0.125. The van der Waals surface area contributed by atoms with Gasteiger partial charge in [-0.2, -0.15) is 13.2 Å². The molecule has 0 saturated heterocycles. The number of alkyl halides is 3. The highest BCUT2D eigenvalue weighted by Gasteiger charge is 2.35. The smallest absolute Gasteiger partial charge is 0.226 e. The summed E-state index contributed by atoms with van der Waals surface area (Å²) in [6, 6.07) is 1.70. The van der Waals surface area contributed by atoms with Crippen LogP contribution in [0, 0.1) is 15.2 Å². The second-order valence-electron chi connectivity index (χ2n) is 2.62. The number of rotatable bonds is 1. The molecular formula is C8H2ClF5IN. The molecule has 0 fully saturated rings. The van der Waals surface area contributed by atoms with Crippen molar-refractivity contribution in [3.63, 3.8) is 0 Å². The highest BCUT2D eigenvalue weighted by Crippen LogP contribution is 2.28. The summed E-state index contributed by atoms with van der Waals surface area (Å²) in [5.41, 5.74) is -1.05. The van der Waals surface area contributed by atoms with Crippen molar-refractivity contribution < 1.29 is 22.0 Å². The van der Waals surface area contributed by atoms with Gasteiger partial charge in [-0.25, -0.2) is 13.8 Å². The molecule has 8 heteroatoms. The fourth-order valence-electron chi connectivity index (χ4n) is 0.803. The zero-order chi connectivity index (χ0) is 12.5. The number of nitrogens with zero attached hydrogens (tertiary/aromatic N) is 1. The monoisotopic (exact) mass is 369 g/mol. The maximum absolute atomic E-state index is 13.1. The van der Waals surface area contributed by atoms with Gasteiger partial charge in [0.25, 0.3) is 0 Å². The standard InChI is InChI=1S/C8H2ClF5IN/c9-7(8(12,13)14)16-6-4(10)1-3(15)2-5(6)11/h1-2H. The Morgan fingerprint density at radius 3 is 2.00 bits per heavy atom. The van der Waals surface area contributed by atoms with Crippen molar-refractivity contribution in [2.24, 2.45) is 4.99 Å². The van der Waals surface area contributed by atoms with E-state index in [0.29, 0.717) is 0 Å². The lowest BCUT2D eigenvalue weighted by Gasteiger charge is -2.04. The molecule has 0 saturated carbocycles. The molecular weight excluding hydrogens is 367 g/mol. The molecule has 1 nitrogen and oxygen atoms in total. The van der Waals surface area contributed by atoms with Gasteiger partial charge < -0.3 is 0 Å². The molecule has 0 N–H and O–H groups in total. The third kappa shape index (κ3) is 3.27. The van der Waals surface area contributed by atoms with Crippen LogP contribution in [-0.4, -0.2) is 11.3 Å². The van der Waals surface area contributed by atoms with Crippen molar-refractivity contribution in [3.8, 4) is 0 Å². The molecule has 0 aromatic heterocycles. The van der Waals surface area contributed by atoms with Crippen molar-refractivity contribution in [1.29, 1.82) is 0 Å². The molecule has 1 aromatic carbocycles. The van der Waals surface area contributed by atoms with Crippen LogP contribution in [0.3, 0.4) is 0 Å². The molecule has 0 aliphatic rings. The lowest BCUT2D eigenvalue weighted by Crippen LogP contribution is -2.16. The van der Waals surface area contributed by atoms with Crippen molar-refractivity contribution in [2.45, 2.75) is 6.18 Å². The summed E-state index contributed by atoms with van der Waals surface area (Å²) in [4.78, 5) is 2.67. The van der Waals surface area contributed by atoms with Crippen LogP contribution < -0.4 is 0 Å². The average molecular weight is 369 g/mol. The number of benzene rings is 1. The van der Waals surface area contributed by atoms with Gasteiger partial charge >= 0.3 is 6.18 Å². The van der Waals surface area contributed by atoms with Crippen molar-refractivity contribution in [2.75, 3.05) is 0 Å². The van der Waals surface area contributed by atoms with E-state index >= 15 is 0 Å². The topological polar surface area (TPSA) is 12.4 Å². The van der Waals surface area contributed by atoms with Crippen LogP contribution in [0.2, 0.25) is 0 Å². The number of halogens is 7. The lowest BCUT2D eigenvalue weighted by molar-refractivity contribution is -0.0558.